The molecule has 0 spiro atoms. The summed E-state index contributed by atoms with van der Waals surface area (Å²) >= 11 is 5.92. The molecule has 0 fully saturated rings. The van der Waals surface area contributed by atoms with Crippen molar-refractivity contribution in [3.05, 3.63) is 26.1 Å². The Morgan fingerprint density at radius 1 is 1.53 bits per heavy atom. The lowest BCUT2D eigenvalue weighted by Crippen LogP contribution is -2.02. The Bertz CT molecular complexity index is 494. The monoisotopic (exact) mass is 304 g/mol. The van der Waals surface area contributed by atoms with Crippen LogP contribution in [-0.2, 0) is 0 Å². The molecule has 0 amide bonds. The Hall–Kier alpha value is -0.790. The van der Waals surface area contributed by atoms with E-state index in [2.05, 4.69) is 25.9 Å². The van der Waals surface area contributed by atoms with Gasteiger partial charge in [-0.3, -0.25) is 4.79 Å². The fourth-order valence-electron chi connectivity index (χ4n) is 0.956. The Morgan fingerprint density at radius 3 is 2.87 bits per heavy atom. The van der Waals surface area contributed by atoms with Gasteiger partial charge in [-0.05, 0) is 15.9 Å². The van der Waals surface area contributed by atoms with Crippen molar-refractivity contribution in [1.29, 1.82) is 0 Å². The van der Waals surface area contributed by atoms with Crippen LogP contribution in [0.15, 0.2) is 14.7 Å². The van der Waals surface area contributed by atoms with Crippen molar-refractivity contribution in [2.45, 2.75) is 0 Å². The normalized spacial score (nSPS) is 10.3. The summed E-state index contributed by atoms with van der Waals surface area (Å²) in [5.74, 6) is -0.192. The molecule has 0 N–H and O–H groups in total. The van der Waals surface area contributed by atoms with Gasteiger partial charge in [-0.15, -0.1) is 11.3 Å². The second kappa shape index (κ2) is 4.38. The number of carbonyl (C=O) groups excluding carboxylic acids is 1. The second-order valence-electron chi connectivity index (χ2n) is 2.51. The quantitative estimate of drug-likeness (QED) is 0.818. The predicted molar refractivity (Wildman–Crippen MR) is 61.9 cm³/mol. The lowest BCUT2D eigenvalue weighted by atomic mass is 10.2. The summed E-state index contributed by atoms with van der Waals surface area (Å²) in [6, 6.07) is 0. The number of carbonyl (C=O) groups is 1. The molecule has 15 heavy (non-hydrogen) atoms. The van der Waals surface area contributed by atoms with Crippen LogP contribution in [0.5, 0.6) is 5.19 Å². The van der Waals surface area contributed by atoms with E-state index in [0.717, 1.165) is 3.79 Å². The van der Waals surface area contributed by atoms with E-state index in [0.29, 0.717) is 16.6 Å². The molecule has 0 radical (unpaired) electrons. The molecule has 0 unspecified atom stereocenters. The van der Waals surface area contributed by atoms with E-state index in [1.165, 1.54) is 29.8 Å². The van der Waals surface area contributed by atoms with E-state index < -0.39 is 0 Å². The summed E-state index contributed by atoms with van der Waals surface area (Å²) in [7, 11) is 1.52. The Morgan fingerprint density at radius 2 is 2.33 bits per heavy atom. The highest BCUT2D eigenvalue weighted by Gasteiger charge is 2.18. The van der Waals surface area contributed by atoms with Gasteiger partial charge in [-0.1, -0.05) is 11.3 Å². The fourth-order valence-corrected chi connectivity index (χ4v) is 2.62. The molecule has 0 aliphatic heterocycles. The maximum absolute atomic E-state index is 11.9. The third-order valence-corrected chi connectivity index (χ3v) is 3.98. The number of nitrogens with zero attached hydrogens (tertiary/aromatic N) is 2. The molecule has 0 atom stereocenters. The Kier molecular flexibility index (Phi) is 3.13. The topological polar surface area (TPSA) is 52.1 Å². The fraction of sp³-hybridized carbons (Fsp3) is 0.125. The zero-order valence-corrected chi connectivity index (χ0v) is 10.8. The summed E-state index contributed by atoms with van der Waals surface area (Å²) < 4.78 is 5.64. The van der Waals surface area contributed by atoms with Crippen LogP contribution in [0.25, 0.3) is 0 Å². The molecule has 2 aromatic heterocycles. The highest BCUT2D eigenvalue weighted by Crippen LogP contribution is 2.25. The molecule has 0 saturated heterocycles. The van der Waals surface area contributed by atoms with Crippen molar-refractivity contribution < 1.29 is 9.53 Å². The molecule has 2 aromatic rings. The molecular formula is C8H5BrN2O2S2. The Labute approximate surface area is 102 Å². The minimum atomic E-state index is -0.192. The molecule has 2 heterocycles. The van der Waals surface area contributed by atoms with E-state index >= 15 is 0 Å². The first-order chi connectivity index (χ1) is 7.22. The van der Waals surface area contributed by atoms with E-state index in [-0.39, 0.29) is 5.78 Å². The largest absolute Gasteiger partial charge is 0.473 e. The molecule has 0 aliphatic rings. The predicted octanol–water partition coefficient (Wildman–Crippen LogP) is 2.60. The first-order valence-electron chi connectivity index (χ1n) is 3.85. The molecule has 0 saturated carbocycles. The molecule has 0 aliphatic carbocycles. The van der Waals surface area contributed by atoms with Crippen molar-refractivity contribution in [1.82, 2.24) is 9.97 Å². The number of rotatable bonds is 3. The summed E-state index contributed by atoms with van der Waals surface area (Å²) in [5.41, 5.74) is 2.37. The first kappa shape index (κ1) is 10.7. The zero-order valence-electron chi connectivity index (χ0n) is 7.56. The maximum Gasteiger partial charge on any atom is 0.273 e. The smallest absolute Gasteiger partial charge is 0.273 e. The molecule has 0 bridgehead atoms. The van der Waals surface area contributed by atoms with Crippen molar-refractivity contribution in [3.8, 4) is 5.19 Å². The van der Waals surface area contributed by atoms with Gasteiger partial charge in [0.1, 0.15) is 15.2 Å². The van der Waals surface area contributed by atoms with Crippen LogP contribution in [0.4, 0.5) is 0 Å². The molecular weight excluding hydrogens is 300 g/mol. The van der Waals surface area contributed by atoms with E-state index in [9.17, 15) is 4.79 Å². The van der Waals surface area contributed by atoms with E-state index in [4.69, 9.17) is 4.74 Å². The number of aromatic nitrogens is 2. The average Bonchev–Trinajstić information content (AvgIpc) is 2.84. The minimum absolute atomic E-state index is 0.192. The zero-order chi connectivity index (χ0) is 10.8. The summed E-state index contributed by atoms with van der Waals surface area (Å²) in [5, 5.41) is 2.14. The van der Waals surface area contributed by atoms with Gasteiger partial charge in [0.05, 0.1) is 12.6 Å². The lowest BCUT2D eigenvalue weighted by Gasteiger charge is -1.92. The number of ketones is 1. The van der Waals surface area contributed by atoms with Gasteiger partial charge in [0.25, 0.3) is 5.19 Å². The highest BCUT2D eigenvalue weighted by molar-refractivity contribution is 9.11. The molecule has 7 heteroatoms. The van der Waals surface area contributed by atoms with Crippen LogP contribution in [0, 0.1) is 0 Å². The maximum atomic E-state index is 11.9. The summed E-state index contributed by atoms with van der Waals surface area (Å²) in [4.78, 5) is 19.8. The van der Waals surface area contributed by atoms with Gasteiger partial charge in [-0.2, -0.15) is 4.98 Å². The second-order valence-corrected chi connectivity index (χ2v) is 5.50. The molecule has 78 valence electrons. The molecule has 2 rings (SSSR count). The first-order valence-corrected chi connectivity index (χ1v) is 6.41. The molecule has 4 nitrogen and oxygen atoms in total. The third-order valence-electron chi connectivity index (χ3n) is 1.63. The highest BCUT2D eigenvalue weighted by atomic mass is 79.9. The van der Waals surface area contributed by atoms with E-state index in [1.807, 2.05) is 0 Å². The number of hydrogen-bond donors (Lipinski definition) is 0. The standard InChI is InChI=1S/C8H5BrN2O2S2/c1-13-8-11-4(2-14-8)6(12)5-7(9)15-3-10-5/h2-3H,1H3. The van der Waals surface area contributed by atoms with Crippen LogP contribution in [0.2, 0.25) is 0 Å². The van der Waals surface area contributed by atoms with Crippen molar-refractivity contribution in [2.75, 3.05) is 7.11 Å². The minimum Gasteiger partial charge on any atom is -0.473 e. The van der Waals surface area contributed by atoms with Crippen LogP contribution in [0.3, 0.4) is 0 Å². The molecule has 0 aromatic carbocycles. The van der Waals surface area contributed by atoms with Crippen LogP contribution >= 0.6 is 38.6 Å². The number of halogens is 1. The third kappa shape index (κ3) is 2.09. The number of thiazole rings is 2. The van der Waals surface area contributed by atoms with E-state index in [1.54, 1.807) is 10.9 Å². The summed E-state index contributed by atoms with van der Waals surface area (Å²) in [6.45, 7) is 0. The van der Waals surface area contributed by atoms with Gasteiger partial charge in [-0.25, -0.2) is 4.98 Å². The van der Waals surface area contributed by atoms with Gasteiger partial charge in [0, 0.05) is 5.38 Å². The van der Waals surface area contributed by atoms with Crippen molar-refractivity contribution in [3.63, 3.8) is 0 Å². The van der Waals surface area contributed by atoms with Gasteiger partial charge in [0.2, 0.25) is 5.78 Å². The van der Waals surface area contributed by atoms with Crippen molar-refractivity contribution >= 4 is 44.4 Å². The SMILES string of the molecule is COc1nc(C(=O)c2ncsc2Br)cs1. The van der Waals surface area contributed by atoms with Gasteiger partial charge < -0.3 is 4.74 Å². The van der Waals surface area contributed by atoms with Crippen LogP contribution in [0.1, 0.15) is 16.2 Å². The average molecular weight is 305 g/mol. The van der Waals surface area contributed by atoms with Crippen LogP contribution < -0.4 is 4.74 Å². The Balaban J connectivity index is 2.32. The lowest BCUT2D eigenvalue weighted by molar-refractivity contribution is 0.103. The van der Waals surface area contributed by atoms with Crippen LogP contribution in [-0.4, -0.2) is 22.9 Å². The number of hydrogen-bond acceptors (Lipinski definition) is 6. The number of methoxy groups -OCH3 is 1. The summed E-state index contributed by atoms with van der Waals surface area (Å²) in [6.07, 6.45) is 0. The van der Waals surface area contributed by atoms with Gasteiger partial charge in [0.15, 0.2) is 0 Å². The van der Waals surface area contributed by atoms with Crippen molar-refractivity contribution in [2.24, 2.45) is 0 Å². The van der Waals surface area contributed by atoms with Gasteiger partial charge >= 0.3 is 0 Å². The number of ether oxygens (including phenoxy) is 1.